The molecule has 0 saturated heterocycles. The van der Waals surface area contributed by atoms with E-state index in [-0.39, 0.29) is 70.1 Å². The second kappa shape index (κ2) is 24.8. The van der Waals surface area contributed by atoms with Crippen LogP contribution in [0.25, 0.3) is 27.1 Å². The lowest BCUT2D eigenvalue weighted by molar-refractivity contribution is -0.438. The minimum Gasteiger partial charge on any atom is -0.352 e. The number of amides is 1. The molecule has 2 aliphatic rings. The summed E-state index contributed by atoms with van der Waals surface area (Å²) >= 11 is 0.650. The molecule has 0 radical (unpaired) electrons. The number of sulfonamides is 1. The number of nitrogens with one attached hydrogen (secondary N) is 1. The van der Waals surface area contributed by atoms with Crippen molar-refractivity contribution in [2.45, 2.75) is 96.6 Å². The number of unbranched alkanes of at least 4 members (excludes halogenated alkanes) is 1. The molecule has 0 spiro atoms. The molecular weight excluding hydrogens is 1250 g/mol. The van der Waals surface area contributed by atoms with Gasteiger partial charge in [-0.15, -0.1) is 22.8 Å². The fraction of sp³-hybridized carbons (Fsp3) is 0.308. The first-order chi connectivity index (χ1) is 39.3. The molecule has 7 N–H and O–H groups in total. The van der Waals surface area contributed by atoms with Crippen molar-refractivity contribution in [3.8, 4) is 0 Å². The first kappa shape index (κ1) is 65.6. The van der Waals surface area contributed by atoms with Crippen LogP contribution >= 0.6 is 11.3 Å². The summed E-state index contributed by atoms with van der Waals surface area (Å²) in [5, 5.41) is 16.4. The standard InChI is InChI=1S/C52H55N7O16S6.O3S/c1-6-7-23-58-41-15-10-31-9-13-35(79(67,68)69)28-38(31)47(41)51(2,3)44(58)17-11-32(40-26-33(19-21-54-40)49(61)55-22-20-34(60)27-46-56-57-50(76-46)78(53,65)66)12-18-45-52(4,5)48-39-29-36(80(70,71)72)30-43(81(73,74)75)37(39)14-16-42(48)59(45)24-8-25-77(62,63)64;1-4(2)3/h9-19,21,26,28-30H,6-8,20,22-25,27H2,1-5H3,(H6-,53,55,61,62,63,64,65,66,67,68,69,70,71,72,73,74,75);/p+1. The van der Waals surface area contributed by atoms with Gasteiger partial charge in [-0.3, -0.25) is 32.8 Å². The Bertz CT molecular complexity index is 4590. The van der Waals surface area contributed by atoms with E-state index in [0.717, 1.165) is 41.3 Å². The Morgan fingerprint density at radius 2 is 1.44 bits per heavy atom. The number of primary sulfonamides is 1. The molecule has 0 aliphatic carbocycles. The van der Waals surface area contributed by atoms with Gasteiger partial charge >= 0.3 is 10.6 Å². The number of Topliss-reactive ketones (excluding diaryl/α,β-unsaturated/α-hetero) is 1. The van der Waals surface area contributed by atoms with E-state index in [1.54, 1.807) is 43.0 Å². The molecule has 0 unspecified atom stereocenters. The van der Waals surface area contributed by atoms with E-state index < -0.39 is 97.7 Å². The highest BCUT2D eigenvalue weighted by Crippen LogP contribution is 2.52. The first-order valence-corrected chi connectivity index (χ1v) is 34.6. The van der Waals surface area contributed by atoms with Gasteiger partial charge in [0.25, 0.3) is 56.4 Å². The Balaban J connectivity index is 0.00000251. The second-order valence-corrected chi connectivity index (χ2v) is 29.6. The molecule has 2 aliphatic heterocycles. The summed E-state index contributed by atoms with van der Waals surface area (Å²) in [7, 11) is -26.5. The molecule has 454 valence electrons. The van der Waals surface area contributed by atoms with Gasteiger partial charge in [0, 0.05) is 83.2 Å². The zero-order valence-corrected chi connectivity index (χ0v) is 51.4. The van der Waals surface area contributed by atoms with Crippen molar-refractivity contribution >= 4 is 128 Å². The van der Waals surface area contributed by atoms with Crippen LogP contribution in [0.1, 0.15) is 92.5 Å². The van der Waals surface area contributed by atoms with Crippen LogP contribution in [0.2, 0.25) is 0 Å². The van der Waals surface area contributed by atoms with E-state index in [2.05, 4.69) is 25.1 Å². The molecular formula is C52H56N7O19S7+. The summed E-state index contributed by atoms with van der Waals surface area (Å²) in [6, 6.07) is 15.7. The quantitative estimate of drug-likeness (QED) is 0.0301. The summed E-state index contributed by atoms with van der Waals surface area (Å²) in [5.41, 5.74) is 2.09. The smallest absolute Gasteiger partial charge is 0.352 e. The summed E-state index contributed by atoms with van der Waals surface area (Å²) in [6.07, 6.45) is 9.35. The fourth-order valence-electron chi connectivity index (χ4n) is 10.3. The Morgan fingerprint density at radius 3 is 2.05 bits per heavy atom. The van der Waals surface area contributed by atoms with Gasteiger partial charge in [-0.2, -0.15) is 38.2 Å². The number of hydrogen-bond donors (Lipinski definition) is 6. The van der Waals surface area contributed by atoms with Gasteiger partial charge in [0.1, 0.15) is 22.2 Å². The van der Waals surface area contributed by atoms with Gasteiger partial charge in [0.15, 0.2) is 5.71 Å². The zero-order valence-electron chi connectivity index (χ0n) is 45.7. The number of benzene rings is 4. The van der Waals surface area contributed by atoms with Crippen LogP contribution in [0.3, 0.4) is 0 Å². The number of nitrogens with zero attached hydrogens (tertiary/aromatic N) is 5. The third kappa shape index (κ3) is 15.0. The fourth-order valence-corrected chi connectivity index (χ4v) is 14.2. The van der Waals surface area contributed by atoms with Crippen molar-refractivity contribution in [1.29, 1.82) is 0 Å². The number of carbonyl (C=O) groups excluding carboxylic acids is 2. The highest BCUT2D eigenvalue weighted by molar-refractivity contribution is 7.91. The van der Waals surface area contributed by atoms with Gasteiger partial charge in [-0.05, 0) is 103 Å². The van der Waals surface area contributed by atoms with Crippen LogP contribution in [0.15, 0.2) is 122 Å². The number of rotatable bonds is 21. The molecule has 6 aromatic rings. The number of carbonyl (C=O) groups is 2. The van der Waals surface area contributed by atoms with E-state index in [1.807, 2.05) is 39.0 Å². The lowest BCUT2D eigenvalue weighted by Crippen LogP contribution is -2.28. The number of aromatic nitrogens is 3. The molecule has 33 heteroatoms. The van der Waals surface area contributed by atoms with E-state index in [1.165, 1.54) is 42.6 Å². The molecule has 0 bridgehead atoms. The van der Waals surface area contributed by atoms with Crippen molar-refractivity contribution in [1.82, 2.24) is 20.5 Å². The predicted octanol–water partition coefficient (Wildman–Crippen LogP) is 5.33. The van der Waals surface area contributed by atoms with Gasteiger partial charge in [0.05, 0.1) is 33.1 Å². The van der Waals surface area contributed by atoms with Gasteiger partial charge < -0.3 is 10.2 Å². The average Bonchev–Trinajstić information content (AvgIpc) is 1.63. The number of nitrogens with two attached hydrogens (primary N) is 1. The molecule has 85 heavy (non-hydrogen) atoms. The highest BCUT2D eigenvalue weighted by Gasteiger charge is 2.46. The lowest BCUT2D eigenvalue weighted by atomic mass is 9.79. The number of allylic oxidation sites excluding steroid dienone is 6. The zero-order chi connectivity index (χ0) is 63.0. The van der Waals surface area contributed by atoms with Crippen molar-refractivity contribution in [3.63, 3.8) is 0 Å². The third-order valence-corrected chi connectivity index (χ3v) is 19.6. The molecule has 26 nitrogen and oxygen atoms in total. The van der Waals surface area contributed by atoms with Crippen molar-refractivity contribution < 1.29 is 87.1 Å². The molecule has 0 atom stereocenters. The minimum atomic E-state index is -5.11. The maximum absolute atomic E-state index is 13.8. The second-order valence-electron chi connectivity index (χ2n) is 20.5. The molecule has 0 saturated carbocycles. The Labute approximate surface area is 495 Å². The van der Waals surface area contributed by atoms with E-state index in [0.29, 0.717) is 51.9 Å². The highest BCUT2D eigenvalue weighted by atomic mass is 32.3. The number of ketones is 1. The van der Waals surface area contributed by atoms with Gasteiger partial charge in [-0.25, -0.2) is 13.6 Å². The lowest BCUT2D eigenvalue weighted by Gasteiger charge is -2.27. The van der Waals surface area contributed by atoms with Crippen molar-refractivity contribution in [2.75, 3.05) is 30.3 Å². The maximum atomic E-state index is 13.8. The van der Waals surface area contributed by atoms with Crippen LogP contribution in [0, 0.1) is 0 Å². The largest absolute Gasteiger partial charge is 0.425 e. The van der Waals surface area contributed by atoms with E-state index in [4.69, 9.17) is 17.8 Å². The third-order valence-electron chi connectivity index (χ3n) is 14.0. The Hall–Kier alpha value is -6.89. The molecule has 4 aromatic carbocycles. The van der Waals surface area contributed by atoms with Crippen LogP contribution in [0.4, 0.5) is 11.4 Å². The summed E-state index contributed by atoms with van der Waals surface area (Å²) in [6.45, 7) is 9.78. The van der Waals surface area contributed by atoms with Crippen LogP contribution in [-0.2, 0) is 83.1 Å². The molecule has 2 aromatic heterocycles. The Morgan fingerprint density at radius 1 is 0.776 bits per heavy atom. The first-order valence-electron chi connectivity index (χ1n) is 25.3. The summed E-state index contributed by atoms with van der Waals surface area (Å²) in [4.78, 5) is 31.1. The number of anilines is 1. The molecule has 8 rings (SSSR count). The number of pyridine rings is 1. The van der Waals surface area contributed by atoms with E-state index in [9.17, 15) is 69.9 Å². The predicted molar refractivity (Wildman–Crippen MR) is 313 cm³/mol. The SMILES string of the molecule is CCCC[N+]1=C(/C=C/C(=C/C=C2/N(CCCS(=O)(=O)O)c3ccc4c(S(=O)(=O)O)cc(S(=O)(=O)O)cc4c3C2(C)C)c2cc(C(=O)NCCC(=O)Cc3nnc(S(N)(=O)=O)s3)ccn2)C(C)(C)c2c1ccc1ccc(S(=O)(=O)O)cc21.O=S(=O)=O. The Kier molecular flexibility index (Phi) is 19.2. The maximum Gasteiger partial charge on any atom is 0.425 e. The van der Waals surface area contributed by atoms with Gasteiger partial charge in [0.2, 0.25) is 10.0 Å². The number of fused-ring (bicyclic) bond motifs is 6. The molecule has 0 fully saturated rings. The normalized spacial score (nSPS) is 15.8. The monoisotopic (exact) mass is 1310 g/mol. The van der Waals surface area contributed by atoms with Crippen molar-refractivity contribution in [2.24, 2.45) is 5.14 Å². The van der Waals surface area contributed by atoms with E-state index >= 15 is 0 Å². The van der Waals surface area contributed by atoms with Crippen LogP contribution < -0.4 is 15.4 Å². The number of hydrogen-bond acceptors (Lipinski definition) is 20. The topological polar surface area (TPSA) is 420 Å². The van der Waals surface area contributed by atoms with Crippen LogP contribution in [0.5, 0.6) is 0 Å². The molecule has 4 heterocycles. The summed E-state index contributed by atoms with van der Waals surface area (Å²) in [5.74, 6) is -1.64. The van der Waals surface area contributed by atoms with Crippen molar-refractivity contribution in [3.05, 3.63) is 130 Å². The van der Waals surface area contributed by atoms with Gasteiger partial charge in [-0.1, -0.05) is 56.7 Å². The average molecular weight is 1310 g/mol. The van der Waals surface area contributed by atoms with Crippen LogP contribution in [-0.4, -0.2) is 135 Å². The summed E-state index contributed by atoms with van der Waals surface area (Å²) < 4.78 is 191. The minimum absolute atomic E-state index is 0.00817. The molecule has 1 amide bonds.